The number of amides is 1. The van der Waals surface area contributed by atoms with Crippen molar-refractivity contribution in [2.45, 2.75) is 18.7 Å². The Morgan fingerprint density at radius 1 is 1.14 bits per heavy atom. The lowest BCUT2D eigenvalue weighted by atomic mass is 10.1. The largest absolute Gasteiger partial charge is 0.360 e. The highest BCUT2D eigenvalue weighted by molar-refractivity contribution is 7.89. The third-order valence-electron chi connectivity index (χ3n) is 4.08. The second-order valence-corrected chi connectivity index (χ2v) is 8.95. The fraction of sp³-hybridized carbons (Fsp3) is 0.263. The Balaban J connectivity index is 1.60. The first kappa shape index (κ1) is 20.2. The molecule has 2 aromatic carbocycles. The topological polar surface area (TPSA) is 100 Å². The number of hydrogen-bond acceptors (Lipinski definition) is 6. The van der Waals surface area contributed by atoms with Gasteiger partial charge >= 0.3 is 0 Å². The molecule has 0 fully saturated rings. The average molecular weight is 419 g/mol. The number of carbonyl (C=O) groups excluding carboxylic acids is 1. The minimum absolute atomic E-state index is 0.0812. The third kappa shape index (κ3) is 4.67. The predicted molar refractivity (Wildman–Crippen MR) is 112 cm³/mol. The number of para-hydroxylation sites is 1. The van der Waals surface area contributed by atoms with Crippen LogP contribution in [0.3, 0.4) is 0 Å². The molecule has 0 bridgehead atoms. The highest BCUT2D eigenvalue weighted by Gasteiger charge is 2.17. The number of nitrogens with zero attached hydrogens (tertiary/aromatic N) is 1. The highest BCUT2D eigenvalue weighted by Crippen LogP contribution is 2.25. The molecular weight excluding hydrogens is 396 g/mol. The van der Waals surface area contributed by atoms with Gasteiger partial charge in [0.25, 0.3) is 5.91 Å². The first-order valence-corrected chi connectivity index (χ1v) is 11.2. The molecule has 3 rings (SSSR count). The van der Waals surface area contributed by atoms with E-state index in [1.807, 2.05) is 24.3 Å². The Bertz CT molecular complexity index is 1060. The van der Waals surface area contributed by atoms with E-state index in [0.717, 1.165) is 15.3 Å². The molecule has 3 aromatic rings. The van der Waals surface area contributed by atoms with Gasteiger partial charge in [0, 0.05) is 25.2 Å². The zero-order chi connectivity index (χ0) is 20.1. The molecule has 0 aliphatic heterocycles. The van der Waals surface area contributed by atoms with Crippen LogP contribution in [0.25, 0.3) is 10.2 Å². The van der Waals surface area contributed by atoms with Crippen molar-refractivity contribution < 1.29 is 13.2 Å². The molecular formula is C19H22N4O3S2. The summed E-state index contributed by atoms with van der Waals surface area (Å²) in [7, 11) is -3.61. The zero-order valence-electron chi connectivity index (χ0n) is 15.7. The van der Waals surface area contributed by atoms with Crippen molar-refractivity contribution in [3.8, 4) is 0 Å². The Kier molecular flexibility index (Phi) is 6.28. The van der Waals surface area contributed by atoms with Gasteiger partial charge in [-0.3, -0.25) is 4.79 Å². The lowest BCUT2D eigenvalue weighted by Gasteiger charge is -2.11. The zero-order valence-corrected chi connectivity index (χ0v) is 17.3. The summed E-state index contributed by atoms with van der Waals surface area (Å²) in [5, 5.41) is 6.81. The number of anilines is 1. The van der Waals surface area contributed by atoms with Crippen molar-refractivity contribution in [3.05, 3.63) is 53.6 Å². The van der Waals surface area contributed by atoms with Crippen molar-refractivity contribution in [2.24, 2.45) is 0 Å². The second-order valence-electron chi connectivity index (χ2n) is 6.15. The van der Waals surface area contributed by atoms with Crippen LogP contribution in [-0.2, 0) is 10.0 Å². The maximum atomic E-state index is 12.5. The molecule has 0 spiro atoms. The van der Waals surface area contributed by atoms with Crippen LogP contribution >= 0.6 is 11.3 Å². The standard InChI is InChI=1S/C19H22N4O3S2/c1-3-22-28(25,26)14-9-8-13(2)15(12-14)18(24)20-10-11-21-19-23-16-6-4-5-7-17(16)27-19/h4-9,12,22H,3,10-11H2,1-2H3,(H,20,24)(H,21,23). The molecule has 0 saturated heterocycles. The van der Waals surface area contributed by atoms with Crippen LogP contribution in [0, 0.1) is 6.92 Å². The van der Waals surface area contributed by atoms with E-state index in [1.165, 1.54) is 12.1 Å². The second kappa shape index (κ2) is 8.68. The molecule has 3 N–H and O–H groups in total. The molecule has 9 heteroatoms. The van der Waals surface area contributed by atoms with Gasteiger partial charge in [-0.15, -0.1) is 0 Å². The van der Waals surface area contributed by atoms with E-state index in [2.05, 4.69) is 20.3 Å². The Morgan fingerprint density at radius 2 is 1.93 bits per heavy atom. The summed E-state index contributed by atoms with van der Waals surface area (Å²) in [4.78, 5) is 17.0. The molecule has 0 atom stereocenters. The predicted octanol–water partition coefficient (Wildman–Crippen LogP) is 2.74. The normalized spacial score (nSPS) is 11.5. The summed E-state index contributed by atoms with van der Waals surface area (Å²) < 4.78 is 27.8. The summed E-state index contributed by atoms with van der Waals surface area (Å²) in [5.41, 5.74) is 2.00. The van der Waals surface area contributed by atoms with Gasteiger partial charge in [0.1, 0.15) is 0 Å². The molecule has 28 heavy (non-hydrogen) atoms. The van der Waals surface area contributed by atoms with E-state index < -0.39 is 10.0 Å². The molecule has 0 saturated carbocycles. The molecule has 7 nitrogen and oxygen atoms in total. The minimum Gasteiger partial charge on any atom is -0.360 e. The van der Waals surface area contributed by atoms with E-state index >= 15 is 0 Å². The molecule has 0 unspecified atom stereocenters. The van der Waals surface area contributed by atoms with Gasteiger partial charge in [-0.2, -0.15) is 0 Å². The summed E-state index contributed by atoms with van der Waals surface area (Å²) in [6, 6.07) is 12.4. The summed E-state index contributed by atoms with van der Waals surface area (Å²) in [5.74, 6) is -0.308. The summed E-state index contributed by atoms with van der Waals surface area (Å²) in [6.45, 7) is 4.67. The first-order chi connectivity index (χ1) is 13.4. The Hall–Kier alpha value is -2.49. The highest BCUT2D eigenvalue weighted by atomic mass is 32.2. The van der Waals surface area contributed by atoms with E-state index in [4.69, 9.17) is 0 Å². The maximum absolute atomic E-state index is 12.5. The van der Waals surface area contributed by atoms with Gasteiger partial charge in [-0.1, -0.05) is 36.5 Å². The van der Waals surface area contributed by atoms with Crippen molar-refractivity contribution in [1.29, 1.82) is 0 Å². The lowest BCUT2D eigenvalue weighted by Crippen LogP contribution is -2.30. The molecule has 0 radical (unpaired) electrons. The molecule has 0 aliphatic carbocycles. The third-order valence-corrected chi connectivity index (χ3v) is 6.62. The summed E-state index contributed by atoms with van der Waals surface area (Å²) in [6.07, 6.45) is 0. The Labute approximate surface area is 168 Å². The van der Waals surface area contributed by atoms with Crippen LogP contribution in [0.1, 0.15) is 22.8 Å². The van der Waals surface area contributed by atoms with E-state index in [0.29, 0.717) is 24.2 Å². The molecule has 1 amide bonds. The molecule has 0 aliphatic rings. The van der Waals surface area contributed by atoms with Crippen LogP contribution in [0.15, 0.2) is 47.4 Å². The number of fused-ring (bicyclic) bond motifs is 1. The van der Waals surface area contributed by atoms with Crippen LogP contribution < -0.4 is 15.4 Å². The number of hydrogen-bond donors (Lipinski definition) is 3. The average Bonchev–Trinajstić information content (AvgIpc) is 3.08. The number of sulfonamides is 1. The monoisotopic (exact) mass is 418 g/mol. The van der Waals surface area contributed by atoms with Gasteiger partial charge in [0.05, 0.1) is 15.1 Å². The SMILES string of the molecule is CCNS(=O)(=O)c1ccc(C)c(C(=O)NCCNc2nc3ccccc3s2)c1. The van der Waals surface area contributed by atoms with Crippen LogP contribution in [0.5, 0.6) is 0 Å². The van der Waals surface area contributed by atoms with Gasteiger partial charge in [0.15, 0.2) is 5.13 Å². The number of carbonyl (C=O) groups is 1. The molecule has 148 valence electrons. The summed E-state index contributed by atoms with van der Waals surface area (Å²) >= 11 is 1.56. The molecule has 1 heterocycles. The lowest BCUT2D eigenvalue weighted by molar-refractivity contribution is 0.0954. The van der Waals surface area contributed by atoms with Gasteiger partial charge in [-0.05, 0) is 36.8 Å². The van der Waals surface area contributed by atoms with E-state index in [9.17, 15) is 13.2 Å². The minimum atomic E-state index is -3.61. The van der Waals surface area contributed by atoms with Gasteiger partial charge in [0.2, 0.25) is 10.0 Å². The van der Waals surface area contributed by atoms with Crippen molar-refractivity contribution in [1.82, 2.24) is 15.0 Å². The van der Waals surface area contributed by atoms with Crippen LogP contribution in [-0.4, -0.2) is 38.9 Å². The van der Waals surface area contributed by atoms with Crippen LogP contribution in [0.2, 0.25) is 0 Å². The van der Waals surface area contributed by atoms with E-state index in [1.54, 1.807) is 31.3 Å². The first-order valence-electron chi connectivity index (χ1n) is 8.88. The van der Waals surface area contributed by atoms with Gasteiger partial charge in [-0.25, -0.2) is 18.1 Å². The van der Waals surface area contributed by atoms with E-state index in [-0.39, 0.29) is 17.3 Å². The number of aryl methyl sites for hydroxylation is 1. The number of nitrogens with one attached hydrogen (secondary N) is 3. The smallest absolute Gasteiger partial charge is 0.251 e. The van der Waals surface area contributed by atoms with Crippen LogP contribution in [0.4, 0.5) is 5.13 Å². The molecule has 1 aromatic heterocycles. The number of aromatic nitrogens is 1. The van der Waals surface area contributed by atoms with Crippen molar-refractivity contribution >= 4 is 42.6 Å². The fourth-order valence-electron chi connectivity index (χ4n) is 2.67. The number of benzene rings is 2. The number of thiazole rings is 1. The van der Waals surface area contributed by atoms with Crippen molar-refractivity contribution in [3.63, 3.8) is 0 Å². The van der Waals surface area contributed by atoms with Gasteiger partial charge < -0.3 is 10.6 Å². The maximum Gasteiger partial charge on any atom is 0.251 e. The Morgan fingerprint density at radius 3 is 2.68 bits per heavy atom. The fourth-order valence-corrected chi connectivity index (χ4v) is 4.63. The number of rotatable bonds is 8. The van der Waals surface area contributed by atoms with Crippen molar-refractivity contribution in [2.75, 3.05) is 25.0 Å². The quantitative estimate of drug-likeness (QED) is 0.489.